The minimum atomic E-state index is 0.457. The maximum atomic E-state index is 8.77. The van der Waals surface area contributed by atoms with E-state index < -0.39 is 0 Å². The van der Waals surface area contributed by atoms with E-state index in [9.17, 15) is 0 Å². The zero-order valence-corrected chi connectivity index (χ0v) is 13.0. The van der Waals surface area contributed by atoms with Gasteiger partial charge in [-0.2, -0.15) is 5.26 Å². The number of hydrogen-bond donors (Lipinski definition) is 1. The molecule has 0 aromatic carbocycles. The molecule has 0 saturated carbocycles. The van der Waals surface area contributed by atoms with E-state index in [0.29, 0.717) is 26.1 Å². The Balaban J connectivity index is 2.96. The van der Waals surface area contributed by atoms with E-state index in [-0.39, 0.29) is 0 Å². The van der Waals surface area contributed by atoms with Gasteiger partial charge >= 0.3 is 0 Å². The molecule has 1 aromatic rings. The standard InChI is InChI=1S/C13H21N5OS/c1-4-15-11-10-12(17-13(16-11)20-3)18(7-5-6-14)8-9-19-2/h10H,4-5,7-9H2,1-3H3,(H,15,16,17). The number of anilines is 2. The van der Waals surface area contributed by atoms with Crippen LogP contribution in [0.4, 0.5) is 11.6 Å². The van der Waals surface area contributed by atoms with Gasteiger partial charge in [-0.05, 0) is 13.2 Å². The third kappa shape index (κ3) is 5.23. The molecule has 0 radical (unpaired) electrons. The van der Waals surface area contributed by atoms with Crippen LogP contribution in [0, 0.1) is 11.3 Å². The fraction of sp³-hybridized carbons (Fsp3) is 0.615. The van der Waals surface area contributed by atoms with Gasteiger partial charge in [0.25, 0.3) is 0 Å². The van der Waals surface area contributed by atoms with Gasteiger partial charge in [0.1, 0.15) is 11.6 Å². The number of nitrogens with one attached hydrogen (secondary N) is 1. The molecule has 0 unspecified atom stereocenters. The Bertz CT molecular complexity index is 449. The molecule has 110 valence electrons. The second-order valence-electron chi connectivity index (χ2n) is 4.02. The summed E-state index contributed by atoms with van der Waals surface area (Å²) in [6.07, 6.45) is 2.41. The largest absolute Gasteiger partial charge is 0.383 e. The summed E-state index contributed by atoms with van der Waals surface area (Å²) in [7, 11) is 1.67. The fourth-order valence-electron chi connectivity index (χ4n) is 1.67. The van der Waals surface area contributed by atoms with Crippen LogP contribution in [-0.4, -0.2) is 49.6 Å². The Hall–Kier alpha value is -1.52. The Morgan fingerprint density at radius 1 is 1.45 bits per heavy atom. The van der Waals surface area contributed by atoms with Crippen molar-refractivity contribution in [2.24, 2.45) is 0 Å². The monoisotopic (exact) mass is 295 g/mol. The van der Waals surface area contributed by atoms with Gasteiger partial charge in [0.15, 0.2) is 5.16 Å². The highest BCUT2D eigenvalue weighted by molar-refractivity contribution is 7.98. The number of thioether (sulfide) groups is 1. The maximum Gasteiger partial charge on any atom is 0.191 e. The van der Waals surface area contributed by atoms with Gasteiger partial charge in [-0.15, -0.1) is 0 Å². The van der Waals surface area contributed by atoms with Gasteiger partial charge in [0.05, 0.1) is 19.1 Å². The van der Waals surface area contributed by atoms with Gasteiger partial charge in [0.2, 0.25) is 0 Å². The van der Waals surface area contributed by atoms with E-state index in [0.717, 1.165) is 23.3 Å². The van der Waals surface area contributed by atoms with Gasteiger partial charge in [-0.1, -0.05) is 11.8 Å². The van der Waals surface area contributed by atoms with Crippen LogP contribution in [0.3, 0.4) is 0 Å². The zero-order chi connectivity index (χ0) is 14.8. The smallest absolute Gasteiger partial charge is 0.191 e. The molecule has 7 heteroatoms. The highest BCUT2D eigenvalue weighted by Crippen LogP contribution is 2.20. The van der Waals surface area contributed by atoms with Gasteiger partial charge in [-0.25, -0.2) is 9.97 Å². The van der Waals surface area contributed by atoms with Crippen LogP contribution in [0.5, 0.6) is 0 Å². The number of methoxy groups -OCH3 is 1. The normalized spacial score (nSPS) is 10.1. The summed E-state index contributed by atoms with van der Waals surface area (Å²) >= 11 is 1.50. The predicted octanol–water partition coefficient (Wildman–Crippen LogP) is 2.00. The molecule has 0 aliphatic carbocycles. The zero-order valence-electron chi connectivity index (χ0n) is 12.2. The summed E-state index contributed by atoms with van der Waals surface area (Å²) in [5.74, 6) is 1.63. The summed E-state index contributed by atoms with van der Waals surface area (Å²) < 4.78 is 5.12. The number of nitriles is 1. The van der Waals surface area contributed by atoms with E-state index in [1.807, 2.05) is 19.2 Å². The highest BCUT2D eigenvalue weighted by atomic mass is 32.2. The van der Waals surface area contributed by atoms with Gasteiger partial charge in [-0.3, -0.25) is 0 Å². The van der Waals surface area contributed by atoms with E-state index in [1.54, 1.807) is 7.11 Å². The summed E-state index contributed by atoms with van der Waals surface area (Å²) in [4.78, 5) is 11.0. The van der Waals surface area contributed by atoms with Crippen LogP contribution in [0.15, 0.2) is 11.2 Å². The topological polar surface area (TPSA) is 74.1 Å². The third-order valence-corrected chi connectivity index (χ3v) is 3.16. The summed E-state index contributed by atoms with van der Waals surface area (Å²) in [5.41, 5.74) is 0. The van der Waals surface area contributed by atoms with Gasteiger partial charge in [0, 0.05) is 32.8 Å². The van der Waals surface area contributed by atoms with Crippen molar-refractivity contribution in [2.75, 3.05) is 49.8 Å². The van der Waals surface area contributed by atoms with E-state index in [4.69, 9.17) is 10.00 Å². The molecular weight excluding hydrogens is 274 g/mol. The number of hydrogen-bond acceptors (Lipinski definition) is 7. The van der Waals surface area contributed by atoms with Crippen LogP contribution in [0.2, 0.25) is 0 Å². The second kappa shape index (κ2) is 9.39. The molecule has 0 aliphatic heterocycles. The summed E-state index contributed by atoms with van der Waals surface area (Å²) in [6.45, 7) is 4.77. The van der Waals surface area contributed by atoms with E-state index in [1.165, 1.54) is 11.8 Å². The molecule has 1 heterocycles. The Morgan fingerprint density at radius 3 is 2.85 bits per heavy atom. The van der Waals surface area contributed by atoms with Crippen LogP contribution < -0.4 is 10.2 Å². The van der Waals surface area contributed by atoms with Crippen molar-refractivity contribution in [3.05, 3.63) is 6.07 Å². The molecule has 1 aromatic heterocycles. The lowest BCUT2D eigenvalue weighted by Crippen LogP contribution is -2.29. The van der Waals surface area contributed by atoms with Crippen molar-refractivity contribution in [3.63, 3.8) is 0 Å². The molecule has 0 aliphatic rings. The quantitative estimate of drug-likeness (QED) is 0.551. The molecule has 1 N–H and O–H groups in total. The number of nitrogens with zero attached hydrogens (tertiary/aromatic N) is 4. The van der Waals surface area contributed by atoms with Crippen LogP contribution >= 0.6 is 11.8 Å². The van der Waals surface area contributed by atoms with E-state index in [2.05, 4.69) is 26.3 Å². The number of rotatable bonds is 9. The Kier molecular flexibility index (Phi) is 7.77. The molecule has 20 heavy (non-hydrogen) atoms. The van der Waals surface area contributed by atoms with Crippen LogP contribution in [0.1, 0.15) is 13.3 Å². The second-order valence-corrected chi connectivity index (χ2v) is 4.79. The van der Waals surface area contributed by atoms with Crippen molar-refractivity contribution in [1.82, 2.24) is 9.97 Å². The maximum absolute atomic E-state index is 8.77. The minimum Gasteiger partial charge on any atom is -0.383 e. The van der Waals surface area contributed by atoms with Gasteiger partial charge < -0.3 is 15.0 Å². The third-order valence-electron chi connectivity index (χ3n) is 2.62. The molecule has 6 nitrogen and oxygen atoms in total. The molecule has 0 fully saturated rings. The lowest BCUT2D eigenvalue weighted by atomic mass is 10.3. The molecule has 0 saturated heterocycles. The Morgan fingerprint density at radius 2 is 2.25 bits per heavy atom. The average molecular weight is 295 g/mol. The first-order valence-electron chi connectivity index (χ1n) is 6.52. The van der Waals surface area contributed by atoms with Crippen molar-refractivity contribution in [1.29, 1.82) is 5.26 Å². The molecular formula is C13H21N5OS. The van der Waals surface area contributed by atoms with Crippen molar-refractivity contribution in [3.8, 4) is 6.07 Å². The van der Waals surface area contributed by atoms with Crippen molar-refractivity contribution in [2.45, 2.75) is 18.5 Å². The number of aromatic nitrogens is 2. The predicted molar refractivity (Wildman–Crippen MR) is 82.3 cm³/mol. The molecule has 0 bridgehead atoms. The first-order valence-corrected chi connectivity index (χ1v) is 7.75. The molecule has 1 rings (SSSR count). The lowest BCUT2D eigenvalue weighted by molar-refractivity contribution is 0.205. The van der Waals surface area contributed by atoms with Crippen molar-refractivity contribution < 1.29 is 4.74 Å². The number of ether oxygens (including phenoxy) is 1. The molecule has 0 amide bonds. The highest BCUT2D eigenvalue weighted by Gasteiger charge is 2.11. The molecule has 0 spiro atoms. The first-order chi connectivity index (χ1) is 9.74. The summed E-state index contributed by atoms with van der Waals surface area (Å²) in [6, 6.07) is 4.08. The lowest BCUT2D eigenvalue weighted by Gasteiger charge is -2.23. The minimum absolute atomic E-state index is 0.457. The fourth-order valence-corrected chi connectivity index (χ4v) is 2.04. The Labute approximate surface area is 124 Å². The first kappa shape index (κ1) is 16.5. The van der Waals surface area contributed by atoms with Crippen LogP contribution in [-0.2, 0) is 4.74 Å². The summed E-state index contributed by atoms with van der Waals surface area (Å²) in [5, 5.41) is 12.7. The van der Waals surface area contributed by atoms with Crippen molar-refractivity contribution >= 4 is 23.4 Å². The van der Waals surface area contributed by atoms with E-state index >= 15 is 0 Å². The molecule has 0 atom stereocenters. The SMILES string of the molecule is CCNc1cc(N(CCC#N)CCOC)nc(SC)n1. The average Bonchev–Trinajstić information content (AvgIpc) is 2.47. The van der Waals surface area contributed by atoms with Crippen LogP contribution in [0.25, 0.3) is 0 Å².